The van der Waals surface area contributed by atoms with Crippen LogP contribution >= 0.6 is 11.6 Å². The molecule has 0 heterocycles. The van der Waals surface area contributed by atoms with Crippen molar-refractivity contribution in [1.82, 2.24) is 0 Å². The summed E-state index contributed by atoms with van der Waals surface area (Å²) in [6, 6.07) is 8.25. The van der Waals surface area contributed by atoms with Crippen molar-refractivity contribution in [3.05, 3.63) is 62.7 Å². The van der Waals surface area contributed by atoms with E-state index in [1.165, 1.54) is 0 Å². The number of carbonyl (C=O) groups is 1. The first-order valence-electron chi connectivity index (χ1n) is 5.93. The van der Waals surface area contributed by atoms with E-state index >= 15 is 0 Å². The summed E-state index contributed by atoms with van der Waals surface area (Å²) >= 11 is 5.98. The fourth-order valence-corrected chi connectivity index (χ4v) is 2.05. The Balaban J connectivity index is 2.31. The Morgan fingerprint density at radius 1 is 1.29 bits per heavy atom. The third kappa shape index (κ3) is 3.29. The first kappa shape index (κ1) is 14.8. The molecule has 2 rings (SSSR count). The number of hydrogen-bond acceptors (Lipinski definition) is 4. The predicted molar refractivity (Wildman–Crippen MR) is 78.9 cm³/mol. The summed E-state index contributed by atoms with van der Waals surface area (Å²) in [6.07, 6.45) is 0. The molecular weight excluding hydrogens is 296 g/mol. The molecule has 2 aromatic carbocycles. The second kappa shape index (κ2) is 5.80. The molecule has 0 unspecified atom stereocenters. The minimum atomic E-state index is -0.617. The van der Waals surface area contributed by atoms with Crippen LogP contribution in [0.2, 0.25) is 5.02 Å². The normalized spacial score (nSPS) is 10.2. The molecule has 0 bridgehead atoms. The van der Waals surface area contributed by atoms with Gasteiger partial charge in [-0.3, -0.25) is 14.9 Å². The topological polar surface area (TPSA) is 92.5 Å². The zero-order valence-electron chi connectivity index (χ0n) is 11.0. The fraction of sp³-hybridized carbons (Fsp3) is 0.0714. The van der Waals surface area contributed by atoms with Crippen LogP contribution in [0.15, 0.2) is 36.4 Å². The van der Waals surface area contributed by atoms with Crippen molar-refractivity contribution in [3.8, 4) is 5.75 Å². The quantitative estimate of drug-likeness (QED) is 0.515. The number of nitro groups is 1. The van der Waals surface area contributed by atoms with Gasteiger partial charge in [-0.2, -0.15) is 0 Å². The van der Waals surface area contributed by atoms with Gasteiger partial charge in [-0.1, -0.05) is 17.7 Å². The third-order valence-corrected chi connectivity index (χ3v) is 3.12. The Kier molecular flexibility index (Phi) is 4.09. The molecule has 0 fully saturated rings. The highest BCUT2D eigenvalue weighted by Crippen LogP contribution is 2.29. The summed E-state index contributed by atoms with van der Waals surface area (Å²) < 4.78 is 0. The molecule has 2 aromatic rings. The van der Waals surface area contributed by atoms with Crippen LogP contribution in [0.5, 0.6) is 5.75 Å². The molecule has 0 aliphatic heterocycles. The van der Waals surface area contributed by atoms with E-state index in [0.717, 1.165) is 23.8 Å². The van der Waals surface area contributed by atoms with Gasteiger partial charge >= 0.3 is 0 Å². The highest BCUT2D eigenvalue weighted by atomic mass is 35.5. The number of benzene rings is 2. The van der Waals surface area contributed by atoms with Crippen molar-refractivity contribution in [2.75, 3.05) is 5.32 Å². The lowest BCUT2D eigenvalue weighted by atomic mass is 10.1. The number of aromatic hydroxyl groups is 1. The largest absolute Gasteiger partial charge is 0.506 e. The van der Waals surface area contributed by atoms with Gasteiger partial charge in [0.1, 0.15) is 5.75 Å². The van der Waals surface area contributed by atoms with E-state index in [1.807, 2.05) is 6.92 Å². The average Bonchev–Trinajstić information content (AvgIpc) is 2.40. The van der Waals surface area contributed by atoms with E-state index in [9.17, 15) is 20.0 Å². The Labute approximate surface area is 125 Å². The van der Waals surface area contributed by atoms with E-state index in [-0.39, 0.29) is 27.7 Å². The van der Waals surface area contributed by atoms with Crippen molar-refractivity contribution in [3.63, 3.8) is 0 Å². The lowest BCUT2D eigenvalue weighted by molar-refractivity contribution is -0.384. The molecule has 0 atom stereocenters. The van der Waals surface area contributed by atoms with Gasteiger partial charge in [-0.15, -0.1) is 0 Å². The van der Waals surface area contributed by atoms with Crippen molar-refractivity contribution in [2.24, 2.45) is 0 Å². The van der Waals surface area contributed by atoms with Crippen LogP contribution in [0.4, 0.5) is 11.4 Å². The Morgan fingerprint density at radius 3 is 2.62 bits per heavy atom. The first-order valence-corrected chi connectivity index (χ1v) is 6.31. The maximum Gasteiger partial charge on any atom is 0.271 e. The molecule has 0 aliphatic carbocycles. The average molecular weight is 307 g/mol. The number of halogens is 1. The van der Waals surface area contributed by atoms with E-state index in [0.29, 0.717) is 0 Å². The third-order valence-electron chi connectivity index (χ3n) is 2.81. The minimum absolute atomic E-state index is 0.0501. The molecule has 7 heteroatoms. The molecule has 0 saturated heterocycles. The molecule has 0 spiro atoms. The summed E-state index contributed by atoms with van der Waals surface area (Å²) in [4.78, 5) is 22.2. The van der Waals surface area contributed by atoms with Gasteiger partial charge in [-0.05, 0) is 30.7 Å². The number of phenols is 1. The summed E-state index contributed by atoms with van der Waals surface area (Å²) in [5.41, 5.74) is 0.826. The maximum atomic E-state index is 12.1. The number of anilines is 1. The number of aryl methyl sites for hydroxylation is 1. The second-order valence-electron chi connectivity index (χ2n) is 4.40. The summed E-state index contributed by atoms with van der Waals surface area (Å²) in [6.45, 7) is 1.83. The fourth-order valence-electron chi connectivity index (χ4n) is 1.73. The van der Waals surface area contributed by atoms with Gasteiger partial charge in [0.05, 0.1) is 21.2 Å². The van der Waals surface area contributed by atoms with E-state index in [1.54, 1.807) is 18.2 Å². The number of hydrogen-bond donors (Lipinski definition) is 2. The number of non-ortho nitro benzene ring substituents is 1. The van der Waals surface area contributed by atoms with Crippen LogP contribution in [-0.4, -0.2) is 15.9 Å². The molecule has 108 valence electrons. The maximum absolute atomic E-state index is 12.1. The van der Waals surface area contributed by atoms with Gasteiger partial charge in [0.25, 0.3) is 11.6 Å². The van der Waals surface area contributed by atoms with Crippen LogP contribution in [0.1, 0.15) is 15.9 Å². The Bertz CT molecular complexity index is 731. The molecular formula is C14H11ClN2O4. The molecule has 1 amide bonds. The Hall–Kier alpha value is -2.60. The van der Waals surface area contributed by atoms with E-state index in [2.05, 4.69) is 5.32 Å². The van der Waals surface area contributed by atoms with E-state index < -0.39 is 10.8 Å². The van der Waals surface area contributed by atoms with Crippen molar-refractivity contribution < 1.29 is 14.8 Å². The number of phenolic OH excluding ortho intramolecular Hbond substituents is 1. The standard InChI is InChI=1S/C14H11ClN2O4/c1-8-2-4-10(11(15)6-8)14(19)16-12-7-9(17(20)21)3-5-13(12)18/h2-7,18H,1H3,(H,16,19). The monoisotopic (exact) mass is 306 g/mol. The Morgan fingerprint density at radius 2 is 2.00 bits per heavy atom. The zero-order chi connectivity index (χ0) is 15.6. The lowest BCUT2D eigenvalue weighted by Crippen LogP contribution is -2.12. The predicted octanol–water partition coefficient (Wildman–Crippen LogP) is 3.51. The number of nitrogens with one attached hydrogen (secondary N) is 1. The van der Waals surface area contributed by atoms with Crippen LogP contribution in [0.25, 0.3) is 0 Å². The summed E-state index contributed by atoms with van der Waals surface area (Å²) in [5.74, 6) is -0.826. The summed E-state index contributed by atoms with van der Waals surface area (Å²) in [7, 11) is 0. The number of nitrogens with zero attached hydrogens (tertiary/aromatic N) is 1. The van der Waals surface area contributed by atoms with Crippen LogP contribution < -0.4 is 5.32 Å². The lowest BCUT2D eigenvalue weighted by Gasteiger charge is -2.08. The van der Waals surface area contributed by atoms with Crippen LogP contribution in [-0.2, 0) is 0 Å². The van der Waals surface area contributed by atoms with Crippen LogP contribution in [0, 0.1) is 17.0 Å². The van der Waals surface area contributed by atoms with E-state index in [4.69, 9.17) is 11.6 Å². The van der Waals surface area contributed by atoms with Gasteiger partial charge in [0.15, 0.2) is 0 Å². The molecule has 21 heavy (non-hydrogen) atoms. The zero-order valence-corrected chi connectivity index (χ0v) is 11.7. The van der Waals surface area contributed by atoms with Crippen molar-refractivity contribution >= 4 is 28.9 Å². The number of nitro benzene ring substituents is 1. The number of carbonyl (C=O) groups excluding carboxylic acids is 1. The number of rotatable bonds is 3. The van der Waals surface area contributed by atoms with Crippen molar-refractivity contribution in [1.29, 1.82) is 0 Å². The molecule has 0 aliphatic rings. The molecule has 0 aromatic heterocycles. The molecule has 2 N–H and O–H groups in total. The second-order valence-corrected chi connectivity index (χ2v) is 4.80. The highest BCUT2D eigenvalue weighted by Gasteiger charge is 2.15. The number of amides is 1. The first-order chi connectivity index (χ1) is 9.88. The molecule has 0 saturated carbocycles. The smallest absolute Gasteiger partial charge is 0.271 e. The molecule has 6 nitrogen and oxygen atoms in total. The van der Waals surface area contributed by atoms with Gasteiger partial charge in [-0.25, -0.2) is 0 Å². The van der Waals surface area contributed by atoms with Gasteiger partial charge in [0.2, 0.25) is 0 Å². The minimum Gasteiger partial charge on any atom is -0.506 e. The van der Waals surface area contributed by atoms with Crippen molar-refractivity contribution in [2.45, 2.75) is 6.92 Å². The van der Waals surface area contributed by atoms with Gasteiger partial charge in [0, 0.05) is 12.1 Å². The molecule has 0 radical (unpaired) electrons. The SMILES string of the molecule is Cc1ccc(C(=O)Nc2cc([N+](=O)[O-])ccc2O)c(Cl)c1. The highest BCUT2D eigenvalue weighted by molar-refractivity contribution is 6.34. The summed E-state index contributed by atoms with van der Waals surface area (Å²) in [5, 5.41) is 23.0. The van der Waals surface area contributed by atoms with Gasteiger partial charge < -0.3 is 10.4 Å². The van der Waals surface area contributed by atoms with Crippen LogP contribution in [0.3, 0.4) is 0 Å².